The molecule has 0 aromatic heterocycles. The molecule has 1 rings (SSSR count). The van der Waals surface area contributed by atoms with E-state index in [9.17, 15) is 25.2 Å². The van der Waals surface area contributed by atoms with Crippen LogP contribution in [-0.4, -0.2) is 89.6 Å². The molecule has 4 N–H and O–H groups in total. The number of hydrogen-bond donors (Lipinski definition) is 4. The van der Waals surface area contributed by atoms with E-state index < -0.39 is 43.4 Å². The highest BCUT2D eigenvalue weighted by Crippen LogP contribution is 2.23. The number of esters is 1. The molecule has 362 valence electrons. The maximum atomic E-state index is 12.8. The highest BCUT2D eigenvalue weighted by molar-refractivity contribution is 5.69. The molecule has 6 unspecified atom stereocenters. The van der Waals surface area contributed by atoms with Gasteiger partial charge in [-0.25, -0.2) is 0 Å². The third-order valence-corrected chi connectivity index (χ3v) is 11.8. The van der Waals surface area contributed by atoms with Crippen LogP contribution in [0.4, 0.5) is 0 Å². The molecule has 0 aromatic carbocycles. The van der Waals surface area contributed by atoms with Crippen LogP contribution in [0.3, 0.4) is 0 Å². The Kier molecular flexibility index (Phi) is 41.6. The number of hydrogen-bond acceptors (Lipinski definition) is 9. The van der Waals surface area contributed by atoms with Crippen LogP contribution in [0.1, 0.15) is 219 Å². The molecule has 1 aliphatic heterocycles. The van der Waals surface area contributed by atoms with Gasteiger partial charge in [0, 0.05) is 13.0 Å². The van der Waals surface area contributed by atoms with Crippen molar-refractivity contribution in [2.24, 2.45) is 0 Å². The number of allylic oxidation sites excluding steroid dienone is 8. The number of carbonyl (C=O) groups excluding carboxylic acids is 1. The van der Waals surface area contributed by atoms with Crippen molar-refractivity contribution >= 4 is 5.97 Å². The number of ether oxygens (including phenoxy) is 4. The second kappa shape index (κ2) is 44.4. The third kappa shape index (κ3) is 34.5. The largest absolute Gasteiger partial charge is 0.457 e. The van der Waals surface area contributed by atoms with Gasteiger partial charge in [0.25, 0.3) is 0 Å². The lowest BCUT2D eigenvalue weighted by Crippen LogP contribution is -2.59. The third-order valence-electron chi connectivity index (χ3n) is 11.8. The first-order valence-corrected chi connectivity index (χ1v) is 25.7. The predicted molar refractivity (Wildman–Crippen MR) is 256 cm³/mol. The molecular formula is C53H96O9. The molecule has 0 aliphatic carbocycles. The van der Waals surface area contributed by atoms with E-state index in [1.165, 1.54) is 128 Å². The van der Waals surface area contributed by atoms with E-state index in [2.05, 4.69) is 62.5 Å². The fourth-order valence-electron chi connectivity index (χ4n) is 7.78. The predicted octanol–water partition coefficient (Wildman–Crippen LogP) is 12.5. The van der Waals surface area contributed by atoms with Gasteiger partial charge in [-0.05, 0) is 51.4 Å². The van der Waals surface area contributed by atoms with Gasteiger partial charge in [0.15, 0.2) is 6.29 Å². The van der Waals surface area contributed by atoms with E-state index >= 15 is 0 Å². The minimum Gasteiger partial charge on any atom is -0.457 e. The summed E-state index contributed by atoms with van der Waals surface area (Å²) in [5.74, 6) is -0.315. The molecule has 0 saturated carbocycles. The van der Waals surface area contributed by atoms with Crippen molar-refractivity contribution < 1.29 is 44.2 Å². The smallest absolute Gasteiger partial charge is 0.306 e. The SMILES string of the molecule is CC/C=C\C/C=C\C/C=C\C/C=C\CCCCCCCCCOCC(COC1OC(CO)C(O)C(O)C1O)OC(=O)CCCCCCCCCCCCCCCCCCCCC. The van der Waals surface area contributed by atoms with Crippen molar-refractivity contribution in [3.63, 3.8) is 0 Å². The van der Waals surface area contributed by atoms with E-state index in [-0.39, 0.29) is 19.2 Å². The van der Waals surface area contributed by atoms with Gasteiger partial charge in [-0.3, -0.25) is 4.79 Å². The van der Waals surface area contributed by atoms with Gasteiger partial charge in [0.05, 0.1) is 19.8 Å². The number of aliphatic hydroxyl groups excluding tert-OH is 4. The summed E-state index contributed by atoms with van der Waals surface area (Å²) in [4.78, 5) is 12.8. The number of carbonyl (C=O) groups is 1. The van der Waals surface area contributed by atoms with Gasteiger partial charge in [-0.2, -0.15) is 0 Å². The molecule has 0 spiro atoms. The zero-order valence-electron chi connectivity index (χ0n) is 39.9. The van der Waals surface area contributed by atoms with Crippen molar-refractivity contribution in [3.05, 3.63) is 48.6 Å². The normalized spacial score (nSPS) is 20.1. The molecule has 6 atom stereocenters. The lowest BCUT2D eigenvalue weighted by Gasteiger charge is -2.39. The molecule has 1 heterocycles. The minimum atomic E-state index is -1.54. The molecule has 9 heteroatoms. The van der Waals surface area contributed by atoms with Crippen LogP contribution in [0.5, 0.6) is 0 Å². The maximum absolute atomic E-state index is 12.8. The van der Waals surface area contributed by atoms with Crippen molar-refractivity contribution in [3.8, 4) is 0 Å². The fraction of sp³-hybridized carbons (Fsp3) is 0.830. The number of aliphatic hydroxyl groups is 4. The Morgan fingerprint density at radius 2 is 0.984 bits per heavy atom. The zero-order chi connectivity index (χ0) is 45.0. The van der Waals surface area contributed by atoms with Crippen LogP contribution in [0.15, 0.2) is 48.6 Å². The second-order valence-corrected chi connectivity index (χ2v) is 17.6. The molecule has 9 nitrogen and oxygen atoms in total. The van der Waals surface area contributed by atoms with Gasteiger partial charge >= 0.3 is 5.97 Å². The highest BCUT2D eigenvalue weighted by Gasteiger charge is 2.44. The first-order valence-electron chi connectivity index (χ1n) is 25.7. The van der Waals surface area contributed by atoms with Gasteiger partial charge in [-0.15, -0.1) is 0 Å². The minimum absolute atomic E-state index is 0.117. The molecule has 0 radical (unpaired) electrons. The molecule has 0 aromatic rings. The molecular weight excluding hydrogens is 781 g/mol. The number of rotatable bonds is 44. The summed E-state index contributed by atoms with van der Waals surface area (Å²) < 4.78 is 22.9. The zero-order valence-corrected chi connectivity index (χ0v) is 39.9. The van der Waals surface area contributed by atoms with E-state index in [1.54, 1.807) is 0 Å². The standard InChI is InChI=1S/C53H96O9/c1-3-5-7-9-11-13-15-17-19-21-23-25-27-29-31-33-35-37-39-41-43-59-45-47(46-60-53-52(58)51(57)50(56)48(44-54)62-53)61-49(55)42-40-38-36-34-32-30-28-26-24-22-20-18-16-14-12-10-8-6-4-2/h5,7,11,13,17,19,23,25,47-48,50-54,56-58H,3-4,6,8-10,12,14-16,18,20-22,24,26-46H2,1-2H3/b7-5-,13-11-,19-17-,25-23-. The van der Waals surface area contributed by atoms with E-state index in [4.69, 9.17) is 18.9 Å². The molecule has 1 fully saturated rings. The quantitative estimate of drug-likeness (QED) is 0.0268. The van der Waals surface area contributed by atoms with Crippen LogP contribution in [0.2, 0.25) is 0 Å². The average molecular weight is 877 g/mol. The van der Waals surface area contributed by atoms with Crippen molar-refractivity contribution in [1.82, 2.24) is 0 Å². The van der Waals surface area contributed by atoms with Crippen LogP contribution >= 0.6 is 0 Å². The summed E-state index contributed by atoms with van der Waals surface area (Å²) in [5.41, 5.74) is 0. The summed E-state index contributed by atoms with van der Waals surface area (Å²) >= 11 is 0. The summed E-state index contributed by atoms with van der Waals surface area (Å²) in [6, 6.07) is 0. The van der Waals surface area contributed by atoms with Crippen LogP contribution < -0.4 is 0 Å². The Balaban J connectivity index is 2.21. The second-order valence-electron chi connectivity index (χ2n) is 17.6. The van der Waals surface area contributed by atoms with E-state index in [1.807, 2.05) is 0 Å². The van der Waals surface area contributed by atoms with E-state index in [0.29, 0.717) is 13.0 Å². The van der Waals surface area contributed by atoms with Crippen LogP contribution in [0.25, 0.3) is 0 Å². The van der Waals surface area contributed by atoms with Crippen molar-refractivity contribution in [2.45, 2.75) is 256 Å². The van der Waals surface area contributed by atoms with Crippen molar-refractivity contribution in [2.75, 3.05) is 26.4 Å². The van der Waals surface area contributed by atoms with Crippen molar-refractivity contribution in [1.29, 1.82) is 0 Å². The molecule has 0 bridgehead atoms. The first kappa shape index (κ1) is 58.2. The Hall–Kier alpha value is -1.85. The summed E-state index contributed by atoms with van der Waals surface area (Å²) in [5, 5.41) is 40.2. The molecule has 1 saturated heterocycles. The Morgan fingerprint density at radius 3 is 1.48 bits per heavy atom. The average Bonchev–Trinajstić information content (AvgIpc) is 3.27. The van der Waals surface area contributed by atoms with Gasteiger partial charge < -0.3 is 39.4 Å². The van der Waals surface area contributed by atoms with Crippen LogP contribution in [-0.2, 0) is 23.7 Å². The van der Waals surface area contributed by atoms with E-state index in [0.717, 1.165) is 70.6 Å². The molecule has 0 amide bonds. The van der Waals surface area contributed by atoms with Gasteiger partial charge in [-0.1, -0.05) is 210 Å². The fourth-order valence-corrected chi connectivity index (χ4v) is 7.78. The first-order chi connectivity index (χ1) is 30.4. The van der Waals surface area contributed by atoms with Gasteiger partial charge in [0.1, 0.15) is 30.5 Å². The Labute approximate surface area is 380 Å². The Morgan fingerprint density at radius 1 is 0.532 bits per heavy atom. The molecule has 62 heavy (non-hydrogen) atoms. The topological polar surface area (TPSA) is 135 Å². The summed E-state index contributed by atoms with van der Waals surface area (Å²) in [7, 11) is 0. The summed E-state index contributed by atoms with van der Waals surface area (Å²) in [6.45, 7) is 4.45. The highest BCUT2D eigenvalue weighted by atomic mass is 16.7. The maximum Gasteiger partial charge on any atom is 0.306 e. The van der Waals surface area contributed by atoms with Crippen LogP contribution in [0, 0.1) is 0 Å². The number of unbranched alkanes of at least 4 members (excludes halogenated alkanes) is 25. The van der Waals surface area contributed by atoms with Gasteiger partial charge in [0.2, 0.25) is 0 Å². The lowest BCUT2D eigenvalue weighted by atomic mass is 9.99. The lowest BCUT2D eigenvalue weighted by molar-refractivity contribution is -0.305. The Bertz CT molecular complexity index is 1090. The summed E-state index contributed by atoms with van der Waals surface area (Å²) in [6.07, 6.45) is 48.5. The molecule has 1 aliphatic rings. The monoisotopic (exact) mass is 877 g/mol.